The topological polar surface area (TPSA) is 32.7 Å². The minimum Gasteiger partial charge on any atom is -0.388 e. The minimum atomic E-state index is -0.259. The summed E-state index contributed by atoms with van der Waals surface area (Å²) in [6.45, 7) is 10.2. The van der Waals surface area contributed by atoms with Gasteiger partial charge in [0, 0.05) is 23.9 Å². The van der Waals surface area contributed by atoms with Gasteiger partial charge in [0.15, 0.2) is 0 Å². The molecule has 4 bridgehead atoms. The Hall–Kier alpha value is -0.380. The molecule has 138 valence electrons. The van der Waals surface area contributed by atoms with Crippen LogP contribution in [0.4, 0.5) is 0 Å². The number of rotatable bonds is 0. The maximum atomic E-state index is 11.3. The first-order valence-electron chi connectivity index (χ1n) is 10.7. The van der Waals surface area contributed by atoms with Gasteiger partial charge in [-0.25, -0.2) is 0 Å². The Balaban J connectivity index is 1.53. The van der Waals surface area contributed by atoms with E-state index in [1.54, 1.807) is 0 Å². The van der Waals surface area contributed by atoms with Gasteiger partial charge in [0.05, 0.1) is 12.7 Å². The van der Waals surface area contributed by atoms with Crippen molar-refractivity contribution < 1.29 is 9.84 Å². The highest BCUT2D eigenvalue weighted by molar-refractivity contribution is 5.28. The van der Waals surface area contributed by atoms with Gasteiger partial charge in [-0.05, 0) is 73.7 Å². The van der Waals surface area contributed by atoms with Crippen molar-refractivity contribution in [2.45, 2.75) is 70.6 Å². The van der Waals surface area contributed by atoms with Gasteiger partial charge in [-0.3, -0.25) is 4.90 Å². The van der Waals surface area contributed by atoms with Gasteiger partial charge in [-0.15, -0.1) is 0 Å². The smallest absolute Gasteiger partial charge is 0.117 e. The molecule has 0 amide bonds. The normalized spacial score (nSPS) is 60.1. The van der Waals surface area contributed by atoms with Crippen LogP contribution in [0.2, 0.25) is 0 Å². The van der Waals surface area contributed by atoms with E-state index in [0.717, 1.165) is 24.6 Å². The highest BCUT2D eigenvalue weighted by atomic mass is 16.5. The summed E-state index contributed by atoms with van der Waals surface area (Å²) in [4.78, 5) is 2.69. The highest BCUT2D eigenvalue weighted by Gasteiger charge is 2.73. The summed E-state index contributed by atoms with van der Waals surface area (Å²) in [5, 5.41) is 11.3. The van der Waals surface area contributed by atoms with Crippen LogP contribution in [0.3, 0.4) is 0 Å². The van der Waals surface area contributed by atoms with E-state index in [1.165, 1.54) is 57.9 Å². The summed E-state index contributed by atoms with van der Waals surface area (Å²) in [5.74, 6) is 1.99. The van der Waals surface area contributed by atoms with Gasteiger partial charge in [0.25, 0.3) is 0 Å². The zero-order valence-corrected chi connectivity index (χ0v) is 15.7. The number of ether oxygens (including phenoxy) is 1. The summed E-state index contributed by atoms with van der Waals surface area (Å²) in [6.07, 6.45) is 10.4. The summed E-state index contributed by atoms with van der Waals surface area (Å²) in [7, 11) is 0. The van der Waals surface area contributed by atoms with Crippen molar-refractivity contribution >= 4 is 0 Å². The Kier molecular flexibility index (Phi) is 2.95. The standard InChI is InChI=1S/C22H33NO2/c1-14-15-4-8-21(18(14)24)9-5-16-20(2)6-3-7-22(16,17(21)12-15)19-23(13-20)10-11-25-19/h15-19,24H,1,3-13H2,2H3/t15-,16+,17-,18+,19-,20+,21+,22+/m1/s1. The van der Waals surface area contributed by atoms with Gasteiger partial charge >= 0.3 is 0 Å². The lowest BCUT2D eigenvalue weighted by Crippen LogP contribution is -2.73. The van der Waals surface area contributed by atoms with E-state index in [0.29, 0.717) is 28.9 Å². The zero-order chi connectivity index (χ0) is 17.0. The van der Waals surface area contributed by atoms with Gasteiger partial charge in [0.2, 0.25) is 0 Å². The monoisotopic (exact) mass is 343 g/mol. The van der Waals surface area contributed by atoms with Crippen LogP contribution in [0.1, 0.15) is 58.3 Å². The van der Waals surface area contributed by atoms with Gasteiger partial charge in [-0.2, -0.15) is 0 Å². The molecule has 7 rings (SSSR count). The molecular weight excluding hydrogens is 310 g/mol. The Bertz CT molecular complexity index is 634. The van der Waals surface area contributed by atoms with Crippen molar-refractivity contribution in [3.05, 3.63) is 12.2 Å². The fourth-order valence-corrected chi connectivity index (χ4v) is 9.23. The first-order chi connectivity index (χ1) is 12.0. The lowest BCUT2D eigenvalue weighted by molar-refractivity contribution is -0.290. The predicted octanol–water partition coefficient (Wildman–Crippen LogP) is 3.58. The molecule has 0 aromatic rings. The Morgan fingerprint density at radius 3 is 2.88 bits per heavy atom. The van der Waals surface area contributed by atoms with E-state index >= 15 is 0 Å². The maximum Gasteiger partial charge on any atom is 0.117 e. The van der Waals surface area contributed by atoms with Gasteiger partial charge in [0.1, 0.15) is 6.23 Å². The molecule has 2 saturated heterocycles. The van der Waals surface area contributed by atoms with Crippen LogP contribution in [0.25, 0.3) is 0 Å². The maximum absolute atomic E-state index is 11.3. The van der Waals surface area contributed by atoms with Crippen LogP contribution < -0.4 is 0 Å². The summed E-state index contributed by atoms with van der Waals surface area (Å²) < 4.78 is 6.49. The van der Waals surface area contributed by atoms with Crippen molar-refractivity contribution in [2.75, 3.05) is 19.7 Å². The lowest BCUT2D eigenvalue weighted by Gasteiger charge is -2.73. The van der Waals surface area contributed by atoms with Crippen LogP contribution in [-0.2, 0) is 4.74 Å². The molecule has 2 heterocycles. The van der Waals surface area contributed by atoms with Crippen LogP contribution >= 0.6 is 0 Å². The molecule has 1 N–H and O–H groups in total. The largest absolute Gasteiger partial charge is 0.388 e. The first-order valence-corrected chi connectivity index (χ1v) is 10.7. The molecule has 5 saturated carbocycles. The molecule has 1 spiro atoms. The Morgan fingerprint density at radius 2 is 2.00 bits per heavy atom. The third kappa shape index (κ3) is 1.62. The summed E-state index contributed by atoms with van der Waals surface area (Å²) >= 11 is 0. The average Bonchev–Trinajstić information content (AvgIpc) is 3.06. The molecule has 5 aliphatic carbocycles. The van der Waals surface area contributed by atoms with Crippen LogP contribution in [0, 0.1) is 34.0 Å². The van der Waals surface area contributed by atoms with E-state index in [4.69, 9.17) is 4.74 Å². The Morgan fingerprint density at radius 1 is 1.16 bits per heavy atom. The summed E-state index contributed by atoms with van der Waals surface area (Å²) in [5.41, 5.74) is 2.02. The molecule has 3 nitrogen and oxygen atoms in total. The number of piperidine rings is 1. The fourth-order valence-electron chi connectivity index (χ4n) is 9.23. The molecule has 0 aromatic carbocycles. The van der Waals surface area contributed by atoms with Crippen LogP contribution in [0.5, 0.6) is 0 Å². The third-order valence-corrected chi connectivity index (χ3v) is 10.00. The molecule has 0 unspecified atom stereocenters. The van der Waals surface area contributed by atoms with E-state index in [1.807, 2.05) is 0 Å². The second-order valence-corrected chi connectivity index (χ2v) is 10.6. The number of hydrogen-bond acceptors (Lipinski definition) is 3. The quantitative estimate of drug-likeness (QED) is 0.683. The number of aliphatic hydroxyl groups is 1. The molecular formula is C22H33NO2. The van der Waals surface area contributed by atoms with Crippen molar-refractivity contribution in [1.82, 2.24) is 4.90 Å². The molecule has 0 aromatic heterocycles. The number of nitrogens with zero attached hydrogens (tertiary/aromatic N) is 1. The molecule has 3 heteroatoms. The van der Waals surface area contributed by atoms with Crippen molar-refractivity contribution in [1.29, 1.82) is 0 Å². The Labute approximate surface area is 151 Å². The minimum absolute atomic E-state index is 0.107. The van der Waals surface area contributed by atoms with Gasteiger partial charge < -0.3 is 9.84 Å². The van der Waals surface area contributed by atoms with Crippen LogP contribution in [-0.4, -0.2) is 42.0 Å². The van der Waals surface area contributed by atoms with E-state index in [-0.39, 0.29) is 11.5 Å². The molecule has 8 atom stereocenters. The lowest BCUT2D eigenvalue weighted by atomic mass is 9.34. The predicted molar refractivity (Wildman–Crippen MR) is 96.8 cm³/mol. The van der Waals surface area contributed by atoms with Crippen molar-refractivity contribution in [3.8, 4) is 0 Å². The highest BCUT2D eigenvalue weighted by Crippen LogP contribution is 2.75. The molecule has 0 radical (unpaired) electrons. The average molecular weight is 344 g/mol. The SMILES string of the molecule is C=C1[C@@H]2CC[C@@]3(CC[C@H]4[C@@]5(C)CCC[C@]4([C@@H]3C2)[C@H]2OCCN2C5)[C@H]1O. The molecule has 2 aliphatic heterocycles. The van der Waals surface area contributed by atoms with Crippen molar-refractivity contribution in [3.63, 3.8) is 0 Å². The van der Waals surface area contributed by atoms with E-state index in [9.17, 15) is 5.11 Å². The molecule has 25 heavy (non-hydrogen) atoms. The number of aliphatic hydroxyl groups excluding tert-OH is 1. The second-order valence-electron chi connectivity index (χ2n) is 10.6. The van der Waals surface area contributed by atoms with E-state index in [2.05, 4.69) is 18.4 Å². The number of hydrogen-bond donors (Lipinski definition) is 1. The molecule has 7 aliphatic rings. The third-order valence-electron chi connectivity index (χ3n) is 10.00. The molecule has 7 fully saturated rings. The zero-order valence-electron chi connectivity index (χ0n) is 15.7. The van der Waals surface area contributed by atoms with Crippen LogP contribution in [0.15, 0.2) is 12.2 Å². The second kappa shape index (κ2) is 4.72. The van der Waals surface area contributed by atoms with Crippen molar-refractivity contribution in [2.24, 2.45) is 34.0 Å². The first kappa shape index (κ1) is 15.7. The summed E-state index contributed by atoms with van der Waals surface area (Å²) in [6, 6.07) is 0. The van der Waals surface area contributed by atoms with E-state index < -0.39 is 0 Å². The van der Waals surface area contributed by atoms with Gasteiger partial charge in [-0.1, -0.05) is 19.9 Å². The number of fused-ring (bicyclic) bond motifs is 3. The fraction of sp³-hybridized carbons (Fsp3) is 0.909.